The summed E-state index contributed by atoms with van der Waals surface area (Å²) >= 11 is 0. The second kappa shape index (κ2) is 7.20. The molecule has 7 rings (SSSR count). The summed E-state index contributed by atoms with van der Waals surface area (Å²) in [5.41, 5.74) is 13.2. The zero-order valence-electron chi connectivity index (χ0n) is 21.0. The monoisotopic (exact) mass is 465 g/mol. The summed E-state index contributed by atoms with van der Waals surface area (Å²) in [7, 11) is 0. The molecule has 0 saturated heterocycles. The second-order valence-electron chi connectivity index (χ2n) is 11.0. The fraction of sp³-hybridized carbons (Fsp3) is 0.182. The molecule has 36 heavy (non-hydrogen) atoms. The summed E-state index contributed by atoms with van der Waals surface area (Å²) in [5, 5.41) is 0. The van der Waals surface area contributed by atoms with Crippen molar-refractivity contribution < 1.29 is 0 Å². The van der Waals surface area contributed by atoms with Crippen LogP contribution in [0.5, 0.6) is 0 Å². The van der Waals surface area contributed by atoms with Gasteiger partial charge in [0.1, 0.15) is 0 Å². The lowest BCUT2D eigenvalue weighted by Crippen LogP contribution is -2.19. The average molecular weight is 466 g/mol. The van der Waals surface area contributed by atoms with E-state index in [0.717, 1.165) is 45.2 Å². The Labute approximate surface area is 211 Å². The summed E-state index contributed by atoms with van der Waals surface area (Å²) in [6.45, 7) is 9.03. The summed E-state index contributed by atoms with van der Waals surface area (Å²) in [6.07, 6.45) is 1.92. The number of pyridine rings is 1. The highest BCUT2D eigenvalue weighted by Gasteiger charge is 2.40. The van der Waals surface area contributed by atoms with E-state index in [-0.39, 0.29) is 10.8 Å². The van der Waals surface area contributed by atoms with Gasteiger partial charge in [0.05, 0.1) is 40.1 Å². The van der Waals surface area contributed by atoms with Crippen molar-refractivity contribution in [2.45, 2.75) is 38.5 Å². The third-order valence-electron chi connectivity index (χ3n) is 8.06. The third-order valence-corrected chi connectivity index (χ3v) is 8.06. The molecule has 0 radical (unpaired) electrons. The Morgan fingerprint density at radius 1 is 0.528 bits per heavy atom. The first-order valence-corrected chi connectivity index (χ1v) is 12.6. The van der Waals surface area contributed by atoms with Crippen molar-refractivity contribution in [2.24, 2.45) is 0 Å². The van der Waals surface area contributed by atoms with Gasteiger partial charge < -0.3 is 0 Å². The van der Waals surface area contributed by atoms with E-state index in [2.05, 4.69) is 107 Å². The Morgan fingerprint density at radius 3 is 2.08 bits per heavy atom. The van der Waals surface area contributed by atoms with Gasteiger partial charge in [-0.15, -0.1) is 0 Å². The van der Waals surface area contributed by atoms with Crippen molar-refractivity contribution in [3.05, 3.63) is 114 Å². The molecule has 0 spiro atoms. The topological polar surface area (TPSA) is 38.7 Å². The molecule has 3 aromatic carbocycles. The molecule has 0 N–H and O–H groups in total. The van der Waals surface area contributed by atoms with Gasteiger partial charge in [-0.3, -0.25) is 9.97 Å². The van der Waals surface area contributed by atoms with Crippen LogP contribution >= 0.6 is 0 Å². The minimum absolute atomic E-state index is 0.000163. The molecule has 5 aromatic rings. The minimum Gasteiger partial charge on any atom is -0.252 e. The van der Waals surface area contributed by atoms with Gasteiger partial charge in [-0.05, 0) is 54.3 Å². The lowest BCUT2D eigenvalue weighted by Gasteiger charge is -2.21. The number of hydrogen-bond acceptors (Lipinski definition) is 3. The molecular formula is C33H27N3. The van der Waals surface area contributed by atoms with E-state index in [0.29, 0.717) is 0 Å². The van der Waals surface area contributed by atoms with Gasteiger partial charge in [-0.2, -0.15) is 0 Å². The standard InChI is InChI=1S/C33H27N3/c1-32(2)25-13-9-8-12-22(25)24-18-21(14-16-26(24)32)28-19-34-29-23-15-17-27(20-10-6-5-7-11-20)35-30(23)33(3,4)31(29)36-28/h5-19H,1-4H3. The van der Waals surface area contributed by atoms with E-state index in [1.54, 1.807) is 0 Å². The predicted molar refractivity (Wildman–Crippen MR) is 146 cm³/mol. The normalized spacial score (nSPS) is 15.7. The zero-order valence-corrected chi connectivity index (χ0v) is 21.0. The molecule has 2 aliphatic rings. The Balaban J connectivity index is 1.33. The highest BCUT2D eigenvalue weighted by atomic mass is 14.9. The quantitative estimate of drug-likeness (QED) is 0.267. The first-order valence-electron chi connectivity index (χ1n) is 12.6. The van der Waals surface area contributed by atoms with Crippen LogP contribution in [-0.2, 0) is 10.8 Å². The molecule has 3 heteroatoms. The molecule has 2 aliphatic carbocycles. The highest BCUT2D eigenvalue weighted by molar-refractivity contribution is 5.84. The molecule has 0 saturated carbocycles. The van der Waals surface area contributed by atoms with Gasteiger partial charge in [0, 0.05) is 22.1 Å². The van der Waals surface area contributed by atoms with E-state index >= 15 is 0 Å². The highest BCUT2D eigenvalue weighted by Crippen LogP contribution is 2.50. The molecule has 2 aromatic heterocycles. The van der Waals surface area contributed by atoms with Crippen molar-refractivity contribution in [1.82, 2.24) is 15.0 Å². The Morgan fingerprint density at radius 2 is 1.25 bits per heavy atom. The van der Waals surface area contributed by atoms with E-state index in [1.807, 2.05) is 12.3 Å². The third kappa shape index (κ3) is 2.83. The van der Waals surface area contributed by atoms with Crippen molar-refractivity contribution in [3.8, 4) is 44.9 Å². The van der Waals surface area contributed by atoms with Crippen LogP contribution in [0.3, 0.4) is 0 Å². The van der Waals surface area contributed by atoms with Crippen LogP contribution in [0.25, 0.3) is 44.9 Å². The first-order chi connectivity index (χ1) is 17.4. The maximum atomic E-state index is 5.21. The molecule has 0 bridgehead atoms. The van der Waals surface area contributed by atoms with Crippen LogP contribution in [0.4, 0.5) is 0 Å². The van der Waals surface area contributed by atoms with Crippen LogP contribution in [0.1, 0.15) is 50.2 Å². The fourth-order valence-corrected chi connectivity index (χ4v) is 6.05. The number of hydrogen-bond donors (Lipinski definition) is 0. The van der Waals surface area contributed by atoms with E-state index in [1.165, 1.54) is 22.3 Å². The zero-order chi connectivity index (χ0) is 24.7. The van der Waals surface area contributed by atoms with Gasteiger partial charge in [0.25, 0.3) is 0 Å². The molecule has 0 unspecified atom stereocenters. The smallest absolute Gasteiger partial charge is 0.0946 e. The fourth-order valence-electron chi connectivity index (χ4n) is 6.05. The lowest BCUT2D eigenvalue weighted by atomic mass is 9.82. The largest absolute Gasteiger partial charge is 0.252 e. The van der Waals surface area contributed by atoms with Gasteiger partial charge in [-0.25, -0.2) is 4.98 Å². The number of rotatable bonds is 2. The summed E-state index contributed by atoms with van der Waals surface area (Å²) in [5.74, 6) is 0. The minimum atomic E-state index is -0.330. The Kier molecular flexibility index (Phi) is 4.24. The number of benzene rings is 3. The molecule has 2 heterocycles. The van der Waals surface area contributed by atoms with Gasteiger partial charge in [0.15, 0.2) is 0 Å². The van der Waals surface area contributed by atoms with Crippen molar-refractivity contribution in [1.29, 1.82) is 0 Å². The maximum Gasteiger partial charge on any atom is 0.0946 e. The lowest BCUT2D eigenvalue weighted by molar-refractivity contribution is 0.615. The molecule has 0 aliphatic heterocycles. The Bertz CT molecular complexity index is 1680. The van der Waals surface area contributed by atoms with Crippen LogP contribution in [0.15, 0.2) is 91.1 Å². The average Bonchev–Trinajstić information content (AvgIpc) is 3.28. The van der Waals surface area contributed by atoms with Gasteiger partial charge in [-0.1, -0.05) is 80.6 Å². The molecule has 0 amide bonds. The number of fused-ring (bicyclic) bond motifs is 6. The molecule has 174 valence electrons. The molecule has 3 nitrogen and oxygen atoms in total. The summed E-state index contributed by atoms with van der Waals surface area (Å²) in [4.78, 5) is 15.2. The molecular weight excluding hydrogens is 438 g/mol. The predicted octanol–water partition coefficient (Wildman–Crippen LogP) is 7.82. The van der Waals surface area contributed by atoms with Crippen molar-refractivity contribution >= 4 is 0 Å². The number of nitrogens with zero attached hydrogens (tertiary/aromatic N) is 3. The maximum absolute atomic E-state index is 5.21. The van der Waals surface area contributed by atoms with Crippen LogP contribution < -0.4 is 0 Å². The molecule has 0 fully saturated rings. The van der Waals surface area contributed by atoms with Crippen molar-refractivity contribution in [2.75, 3.05) is 0 Å². The van der Waals surface area contributed by atoms with Crippen LogP contribution in [0.2, 0.25) is 0 Å². The van der Waals surface area contributed by atoms with Gasteiger partial charge in [0.2, 0.25) is 0 Å². The Hall–Kier alpha value is -4.11. The number of aromatic nitrogens is 3. The summed E-state index contributed by atoms with van der Waals surface area (Å²) < 4.78 is 0. The van der Waals surface area contributed by atoms with Crippen LogP contribution in [0, 0.1) is 0 Å². The van der Waals surface area contributed by atoms with Crippen LogP contribution in [-0.4, -0.2) is 15.0 Å². The van der Waals surface area contributed by atoms with E-state index in [4.69, 9.17) is 15.0 Å². The van der Waals surface area contributed by atoms with Crippen molar-refractivity contribution in [3.63, 3.8) is 0 Å². The van der Waals surface area contributed by atoms with Gasteiger partial charge >= 0.3 is 0 Å². The second-order valence-corrected chi connectivity index (χ2v) is 11.0. The molecule has 0 atom stereocenters. The van der Waals surface area contributed by atoms with E-state index < -0.39 is 0 Å². The summed E-state index contributed by atoms with van der Waals surface area (Å²) in [6, 6.07) is 30.1. The first kappa shape index (κ1) is 21.2. The van der Waals surface area contributed by atoms with E-state index in [9.17, 15) is 0 Å². The SMILES string of the molecule is CC1(C)c2ccccc2-c2cc(-c3cnc4c(n3)C(C)(C)c3nc(-c5ccccc5)ccc3-4)ccc21.